The Kier molecular flexibility index (Phi) is 8.43. The van der Waals surface area contributed by atoms with Crippen molar-refractivity contribution in [3.63, 3.8) is 0 Å². The molecule has 2 rings (SSSR count). The van der Waals surface area contributed by atoms with E-state index in [0.29, 0.717) is 12.1 Å². The molecule has 2 unspecified atom stereocenters. The van der Waals surface area contributed by atoms with E-state index in [-0.39, 0.29) is 0 Å². The van der Waals surface area contributed by atoms with Crippen LogP contribution in [0, 0.1) is 0 Å². The van der Waals surface area contributed by atoms with E-state index in [0.717, 1.165) is 13.2 Å². The molecule has 0 aromatic heterocycles. The Bertz CT molecular complexity index is 294. The van der Waals surface area contributed by atoms with E-state index in [1.807, 2.05) is 0 Å². The Balaban J connectivity index is 1.85. The highest BCUT2D eigenvalue weighted by atomic mass is 16.5. The largest absolute Gasteiger partial charge is 0.378 e. The Morgan fingerprint density at radius 3 is 2.90 bits per heavy atom. The van der Waals surface area contributed by atoms with Crippen molar-refractivity contribution in [1.82, 2.24) is 5.32 Å². The molecule has 2 nitrogen and oxygen atoms in total. The predicted octanol–water partition coefficient (Wildman–Crippen LogP) is 4.98. The zero-order chi connectivity index (χ0) is 14.8. The molecule has 1 saturated heterocycles. The molecule has 1 aliphatic carbocycles. The van der Waals surface area contributed by atoms with Crippen molar-refractivity contribution in [2.75, 3.05) is 13.2 Å². The normalized spacial score (nSPS) is 25.8. The topological polar surface area (TPSA) is 21.3 Å². The van der Waals surface area contributed by atoms with Crippen LogP contribution < -0.4 is 5.32 Å². The van der Waals surface area contributed by atoms with Crippen LogP contribution in [0.25, 0.3) is 0 Å². The SMILES string of the molecule is CCCNC(CCC1CCCCO1)C1=CCCCCCC1. The molecule has 2 aliphatic rings. The van der Waals surface area contributed by atoms with Crippen LogP contribution in [0.1, 0.15) is 84.0 Å². The summed E-state index contributed by atoms with van der Waals surface area (Å²) < 4.78 is 5.92. The van der Waals surface area contributed by atoms with Gasteiger partial charge in [-0.3, -0.25) is 0 Å². The highest BCUT2D eigenvalue weighted by molar-refractivity contribution is 5.11. The average molecular weight is 293 g/mol. The number of hydrogen-bond acceptors (Lipinski definition) is 2. The number of hydrogen-bond donors (Lipinski definition) is 1. The van der Waals surface area contributed by atoms with Crippen molar-refractivity contribution in [3.05, 3.63) is 11.6 Å². The highest BCUT2D eigenvalue weighted by Gasteiger charge is 2.19. The lowest BCUT2D eigenvalue weighted by Gasteiger charge is -2.27. The molecule has 1 aliphatic heterocycles. The summed E-state index contributed by atoms with van der Waals surface area (Å²) in [6.45, 7) is 4.40. The van der Waals surface area contributed by atoms with Gasteiger partial charge in [0.15, 0.2) is 0 Å². The molecule has 0 amide bonds. The Morgan fingerprint density at radius 2 is 2.10 bits per heavy atom. The molecule has 0 radical (unpaired) electrons. The first-order valence-corrected chi connectivity index (χ1v) is 9.44. The first-order chi connectivity index (χ1) is 10.4. The van der Waals surface area contributed by atoms with Gasteiger partial charge in [-0.2, -0.15) is 0 Å². The first kappa shape index (κ1) is 17.0. The number of rotatable bonds is 7. The molecular weight excluding hydrogens is 258 g/mol. The summed E-state index contributed by atoms with van der Waals surface area (Å²) in [6.07, 6.45) is 18.9. The third-order valence-electron chi connectivity index (χ3n) is 4.97. The molecule has 0 aromatic rings. The van der Waals surface area contributed by atoms with Gasteiger partial charge in [0.25, 0.3) is 0 Å². The summed E-state index contributed by atoms with van der Waals surface area (Å²) in [5.41, 5.74) is 1.69. The predicted molar refractivity (Wildman–Crippen MR) is 90.7 cm³/mol. The van der Waals surface area contributed by atoms with E-state index >= 15 is 0 Å². The van der Waals surface area contributed by atoms with Crippen LogP contribution >= 0.6 is 0 Å². The van der Waals surface area contributed by atoms with Crippen LogP contribution in [0.4, 0.5) is 0 Å². The van der Waals surface area contributed by atoms with Gasteiger partial charge in [0.2, 0.25) is 0 Å². The molecule has 0 spiro atoms. The van der Waals surface area contributed by atoms with Crippen LogP contribution in [0.3, 0.4) is 0 Å². The second kappa shape index (κ2) is 10.4. The van der Waals surface area contributed by atoms with Crippen molar-refractivity contribution < 1.29 is 4.74 Å². The zero-order valence-corrected chi connectivity index (χ0v) is 14.0. The van der Waals surface area contributed by atoms with E-state index < -0.39 is 0 Å². The third-order valence-corrected chi connectivity index (χ3v) is 4.97. The molecule has 2 heteroatoms. The van der Waals surface area contributed by atoms with Crippen LogP contribution in [0.15, 0.2) is 11.6 Å². The highest BCUT2D eigenvalue weighted by Crippen LogP contribution is 2.24. The maximum Gasteiger partial charge on any atom is 0.0575 e. The second-order valence-corrected chi connectivity index (χ2v) is 6.80. The summed E-state index contributed by atoms with van der Waals surface area (Å²) in [4.78, 5) is 0. The summed E-state index contributed by atoms with van der Waals surface area (Å²) in [5, 5.41) is 3.80. The summed E-state index contributed by atoms with van der Waals surface area (Å²) in [5.74, 6) is 0. The summed E-state index contributed by atoms with van der Waals surface area (Å²) in [7, 11) is 0. The lowest BCUT2D eigenvalue weighted by molar-refractivity contribution is 0.00907. The number of ether oxygens (including phenoxy) is 1. The Morgan fingerprint density at radius 1 is 1.19 bits per heavy atom. The fourth-order valence-electron chi connectivity index (χ4n) is 3.66. The van der Waals surface area contributed by atoms with Crippen molar-refractivity contribution in [3.8, 4) is 0 Å². The van der Waals surface area contributed by atoms with Gasteiger partial charge in [-0.25, -0.2) is 0 Å². The quantitative estimate of drug-likeness (QED) is 0.668. The Labute approximate surface area is 131 Å². The van der Waals surface area contributed by atoms with Gasteiger partial charge in [0.05, 0.1) is 6.10 Å². The van der Waals surface area contributed by atoms with Gasteiger partial charge in [-0.15, -0.1) is 0 Å². The fourth-order valence-corrected chi connectivity index (χ4v) is 3.66. The molecule has 1 fully saturated rings. The molecule has 0 saturated carbocycles. The fraction of sp³-hybridized carbons (Fsp3) is 0.895. The molecule has 122 valence electrons. The van der Waals surface area contributed by atoms with Gasteiger partial charge >= 0.3 is 0 Å². The monoisotopic (exact) mass is 293 g/mol. The lowest BCUT2D eigenvalue weighted by atomic mass is 9.91. The lowest BCUT2D eigenvalue weighted by Crippen LogP contribution is -2.33. The smallest absolute Gasteiger partial charge is 0.0575 e. The van der Waals surface area contributed by atoms with Gasteiger partial charge in [-0.05, 0) is 70.8 Å². The van der Waals surface area contributed by atoms with Gasteiger partial charge in [0.1, 0.15) is 0 Å². The second-order valence-electron chi connectivity index (χ2n) is 6.80. The standard InChI is InChI=1S/C19H35NO/c1-2-15-20-19(14-13-18-12-8-9-16-21-18)17-10-6-4-3-5-7-11-17/h10,18-20H,2-9,11-16H2,1H3. The third kappa shape index (κ3) is 6.52. The van der Waals surface area contributed by atoms with Crippen molar-refractivity contribution in [2.45, 2.75) is 96.1 Å². The zero-order valence-electron chi connectivity index (χ0n) is 14.0. The minimum Gasteiger partial charge on any atom is -0.378 e. The maximum atomic E-state index is 5.92. The van der Waals surface area contributed by atoms with Gasteiger partial charge in [-0.1, -0.05) is 31.4 Å². The van der Waals surface area contributed by atoms with Crippen LogP contribution in [-0.4, -0.2) is 25.3 Å². The van der Waals surface area contributed by atoms with E-state index in [2.05, 4.69) is 18.3 Å². The van der Waals surface area contributed by atoms with Gasteiger partial charge < -0.3 is 10.1 Å². The van der Waals surface area contributed by atoms with E-state index in [9.17, 15) is 0 Å². The number of allylic oxidation sites excluding steroid dienone is 1. The van der Waals surface area contributed by atoms with Gasteiger partial charge in [0, 0.05) is 12.6 Å². The van der Waals surface area contributed by atoms with Crippen molar-refractivity contribution >= 4 is 0 Å². The summed E-state index contributed by atoms with van der Waals surface area (Å²) in [6, 6.07) is 0.605. The first-order valence-electron chi connectivity index (χ1n) is 9.44. The van der Waals surface area contributed by atoms with Crippen LogP contribution in [0.2, 0.25) is 0 Å². The maximum absolute atomic E-state index is 5.92. The van der Waals surface area contributed by atoms with E-state index in [1.165, 1.54) is 77.0 Å². The van der Waals surface area contributed by atoms with Crippen LogP contribution in [-0.2, 0) is 4.74 Å². The molecule has 0 aromatic carbocycles. The van der Waals surface area contributed by atoms with E-state index in [4.69, 9.17) is 4.74 Å². The molecule has 1 N–H and O–H groups in total. The Hall–Kier alpha value is -0.340. The molecule has 21 heavy (non-hydrogen) atoms. The van der Waals surface area contributed by atoms with Crippen LogP contribution in [0.5, 0.6) is 0 Å². The number of nitrogens with one attached hydrogen (secondary N) is 1. The molecular formula is C19H35NO. The molecule has 1 heterocycles. The summed E-state index contributed by atoms with van der Waals surface area (Å²) >= 11 is 0. The molecule has 2 atom stereocenters. The minimum absolute atomic E-state index is 0.527. The molecule has 0 bridgehead atoms. The van der Waals surface area contributed by atoms with Crippen molar-refractivity contribution in [1.29, 1.82) is 0 Å². The minimum atomic E-state index is 0.527. The van der Waals surface area contributed by atoms with Crippen molar-refractivity contribution in [2.24, 2.45) is 0 Å². The van der Waals surface area contributed by atoms with E-state index in [1.54, 1.807) is 5.57 Å². The average Bonchev–Trinajstić information content (AvgIpc) is 2.49.